The molecule has 1 aliphatic carbocycles. The number of fused-ring (bicyclic) bond motifs is 4. The Balaban J connectivity index is 1.23. The molecule has 432 valence electrons. The topological polar surface area (TPSA) is 170 Å². The smallest absolute Gasteiger partial charge is 0.423 e. The van der Waals surface area contributed by atoms with Gasteiger partial charge in [-0.1, -0.05) is 150 Å². The van der Waals surface area contributed by atoms with Gasteiger partial charge in [0, 0.05) is 83.1 Å². The second-order valence-corrected chi connectivity index (χ2v) is 28.4. The lowest BCUT2D eigenvalue weighted by molar-refractivity contribution is -0.128. The van der Waals surface area contributed by atoms with Gasteiger partial charge in [-0.25, -0.2) is 0 Å². The summed E-state index contributed by atoms with van der Waals surface area (Å²) in [6.45, 7) is 22.2. The molecule has 2 aliphatic rings. The van der Waals surface area contributed by atoms with Crippen molar-refractivity contribution in [1.29, 1.82) is 0 Å². The molecule has 0 bridgehead atoms. The molecular formula is C69H80B2N6O6Si. The zero-order chi connectivity index (χ0) is 60.0. The van der Waals surface area contributed by atoms with Gasteiger partial charge in [0.1, 0.15) is 8.07 Å². The third kappa shape index (κ3) is 13.4. The summed E-state index contributed by atoms with van der Waals surface area (Å²) in [5.74, 6) is -0.212. The van der Waals surface area contributed by atoms with E-state index in [1.54, 1.807) is 19.1 Å². The molecule has 0 fully saturated rings. The average Bonchev–Trinajstić information content (AvgIpc) is 1.05. The number of nitrogens with one attached hydrogen (secondary N) is 3. The van der Waals surface area contributed by atoms with Crippen LogP contribution in [0.5, 0.6) is 0 Å². The molecule has 0 atom stereocenters. The molecule has 0 unspecified atom stereocenters. The number of carbonyl (C=O) groups excluding carboxylic acids is 2. The molecular weight excluding hydrogens is 1060 g/mol. The number of nitrogens with zero attached hydrogens (tertiary/aromatic N) is 3. The first-order chi connectivity index (χ1) is 40.2. The Morgan fingerprint density at radius 3 is 1.77 bits per heavy atom. The summed E-state index contributed by atoms with van der Waals surface area (Å²) in [7, 11) is -1.69. The lowest BCUT2D eigenvalue weighted by atomic mass is 9.77. The zero-order valence-electron chi connectivity index (χ0n) is 50.2. The first kappa shape index (κ1) is 61.1. The Labute approximate surface area is 497 Å². The van der Waals surface area contributed by atoms with Crippen molar-refractivity contribution in [2.45, 2.75) is 86.7 Å². The molecule has 7 N–H and O–H groups in total. The molecule has 84 heavy (non-hydrogen) atoms. The van der Waals surface area contributed by atoms with E-state index in [9.17, 15) is 29.7 Å². The fourth-order valence-electron chi connectivity index (χ4n) is 12.0. The summed E-state index contributed by atoms with van der Waals surface area (Å²) in [5, 5.41) is 59.0. The van der Waals surface area contributed by atoms with Gasteiger partial charge in [0.2, 0.25) is 11.8 Å². The first-order valence-corrected chi connectivity index (χ1v) is 32.2. The van der Waals surface area contributed by atoms with Crippen LogP contribution in [0.15, 0.2) is 174 Å². The van der Waals surface area contributed by atoms with E-state index in [0.29, 0.717) is 81.7 Å². The fraction of sp³-hybridized carbons (Fsp3) is 0.290. The van der Waals surface area contributed by atoms with E-state index in [0.717, 1.165) is 71.9 Å². The normalized spacial score (nSPS) is 14.2. The van der Waals surface area contributed by atoms with Gasteiger partial charge in [-0.3, -0.25) is 24.4 Å². The predicted molar refractivity (Wildman–Crippen MR) is 352 cm³/mol. The molecule has 0 spiro atoms. The number of hydrogen-bond acceptors (Lipinski definition) is 10. The average molecular weight is 1140 g/mol. The molecule has 0 radical (unpaired) electrons. The van der Waals surface area contributed by atoms with E-state index in [1.165, 1.54) is 32.7 Å². The van der Waals surface area contributed by atoms with Crippen LogP contribution in [0.25, 0.3) is 38.2 Å². The van der Waals surface area contributed by atoms with Crippen molar-refractivity contribution >= 4 is 88.8 Å². The summed E-state index contributed by atoms with van der Waals surface area (Å²) >= 11 is 0. The maximum atomic E-state index is 13.1. The van der Waals surface area contributed by atoms with Crippen molar-refractivity contribution in [3.8, 4) is 11.1 Å². The van der Waals surface area contributed by atoms with Crippen molar-refractivity contribution in [2.24, 2.45) is 10.4 Å². The largest absolute Gasteiger partial charge is 0.488 e. The van der Waals surface area contributed by atoms with Crippen LogP contribution in [0.2, 0.25) is 13.1 Å². The number of anilines is 1. The highest BCUT2D eigenvalue weighted by molar-refractivity contribution is 6.98. The first-order valence-electron chi connectivity index (χ1n) is 29.2. The van der Waals surface area contributed by atoms with E-state index in [2.05, 4.69) is 154 Å². The van der Waals surface area contributed by atoms with Crippen LogP contribution in [-0.4, -0.2) is 110 Å². The Hall–Kier alpha value is -7.46. The van der Waals surface area contributed by atoms with Crippen molar-refractivity contribution in [1.82, 2.24) is 20.4 Å². The quantitative estimate of drug-likeness (QED) is 0.0152. The minimum atomic E-state index is -2.21. The molecule has 0 saturated carbocycles. The van der Waals surface area contributed by atoms with Crippen molar-refractivity contribution in [3.63, 3.8) is 0 Å². The number of rotatable bonds is 22. The van der Waals surface area contributed by atoms with E-state index >= 15 is 0 Å². The minimum absolute atomic E-state index is 0.0175. The molecule has 2 amide bonds. The van der Waals surface area contributed by atoms with Crippen LogP contribution in [0, 0.1) is 12.3 Å². The molecule has 1 aliphatic heterocycles. The van der Waals surface area contributed by atoms with Crippen LogP contribution < -0.4 is 32.1 Å². The number of benzene rings is 7. The Bertz CT molecular complexity index is 3790. The van der Waals surface area contributed by atoms with Gasteiger partial charge in [-0.05, 0) is 167 Å². The van der Waals surface area contributed by atoms with Crippen LogP contribution in [0.1, 0.15) is 79.5 Å². The van der Waals surface area contributed by atoms with Crippen LogP contribution in [-0.2, 0) is 35.8 Å². The Kier molecular flexibility index (Phi) is 19.1. The standard InChI is InChI=1S/C69H80B2N6O6Si/c1-45(2)67(78)74-33-17-35-77(42-50-20-12-16-24-63(50)71(82)83)44-61-54-22-14-13-21-53(54)60(43-76(36-18-34-75-68(79)69(4,5)6)41-49-19-11-15-23-62(49)70(80)81)55-30-27-48(38-59(55)61)47-26-25-46(3)58(37-47)66-56-31-28-51(72-7)39-64(56)84(9,10)65-40-52(73-8)29-32-57(65)66/h11-16,19-32,37-40,72,80-83H,1,17-18,33-36,41-44H2,2-10H3,(H,74,78)(H,75,79)/b73-52+. The number of carbonyl (C=O) groups is 2. The van der Waals surface area contributed by atoms with Gasteiger partial charge in [-0.2, -0.15) is 0 Å². The summed E-state index contributed by atoms with van der Waals surface area (Å²) in [5.41, 5.74) is 14.8. The van der Waals surface area contributed by atoms with Crippen LogP contribution in [0.4, 0.5) is 5.69 Å². The monoisotopic (exact) mass is 1140 g/mol. The number of allylic oxidation sites excluding steroid dienone is 5. The summed E-state index contributed by atoms with van der Waals surface area (Å²) in [6, 6.07) is 43.9. The van der Waals surface area contributed by atoms with Gasteiger partial charge in [0.15, 0.2) is 0 Å². The molecule has 0 aromatic heterocycles. The maximum Gasteiger partial charge on any atom is 0.488 e. The molecule has 1 heterocycles. The number of hydrogen-bond donors (Lipinski definition) is 7. The van der Waals surface area contributed by atoms with E-state index in [-0.39, 0.29) is 11.8 Å². The second-order valence-electron chi connectivity index (χ2n) is 24.1. The summed E-state index contributed by atoms with van der Waals surface area (Å²) in [4.78, 5) is 35.1. The molecule has 7 aromatic carbocycles. The number of aliphatic imine (C=N–C) groups is 1. The molecule has 9 rings (SSSR count). The third-order valence-corrected chi connectivity index (χ3v) is 20.2. The van der Waals surface area contributed by atoms with E-state index in [4.69, 9.17) is 0 Å². The van der Waals surface area contributed by atoms with Crippen molar-refractivity contribution < 1.29 is 29.7 Å². The SMILES string of the molecule is C=C(C)C(=O)NCCCN(Cc1ccccc1B(O)O)Cc1c2ccccc2c(CN(CCCNC(=O)C(C)(C)C)Cc2ccccc2B(O)O)c2ccc(-c3ccc(C)c(C4=C5C=C/C(=N\C)C=C5[Si](C)(C)c5cc(NC)ccc54)c3)cc12. The zero-order valence-corrected chi connectivity index (χ0v) is 51.2. The van der Waals surface area contributed by atoms with Gasteiger partial charge < -0.3 is 36.0 Å². The molecule has 15 heteroatoms. The lowest BCUT2D eigenvalue weighted by Crippen LogP contribution is -2.49. The lowest BCUT2D eigenvalue weighted by Gasteiger charge is -2.38. The summed E-state index contributed by atoms with van der Waals surface area (Å²) in [6.07, 6.45) is 7.99. The van der Waals surface area contributed by atoms with Crippen molar-refractivity contribution in [3.05, 3.63) is 207 Å². The maximum absolute atomic E-state index is 13.1. The highest BCUT2D eigenvalue weighted by Gasteiger charge is 2.40. The minimum Gasteiger partial charge on any atom is -0.423 e. The van der Waals surface area contributed by atoms with E-state index < -0.39 is 27.7 Å². The fourth-order valence-corrected chi connectivity index (χ4v) is 15.1. The highest BCUT2D eigenvalue weighted by atomic mass is 28.3. The predicted octanol–water partition coefficient (Wildman–Crippen LogP) is 8.85. The second kappa shape index (κ2) is 26.2. The van der Waals surface area contributed by atoms with Crippen LogP contribution >= 0.6 is 0 Å². The van der Waals surface area contributed by atoms with Gasteiger partial charge in [0.05, 0.1) is 5.71 Å². The molecule has 7 aromatic rings. The van der Waals surface area contributed by atoms with Gasteiger partial charge in [0.25, 0.3) is 0 Å². The number of aryl methyl sites for hydroxylation is 1. The third-order valence-electron chi connectivity index (χ3n) is 16.7. The van der Waals surface area contributed by atoms with Gasteiger partial charge in [-0.15, -0.1) is 0 Å². The summed E-state index contributed by atoms with van der Waals surface area (Å²) < 4.78 is 0. The molecule has 0 saturated heterocycles. The Morgan fingerprint density at radius 1 is 0.655 bits per heavy atom. The van der Waals surface area contributed by atoms with Crippen LogP contribution in [0.3, 0.4) is 0 Å². The Morgan fingerprint density at radius 2 is 1.20 bits per heavy atom. The highest BCUT2D eigenvalue weighted by Crippen LogP contribution is 2.44. The van der Waals surface area contributed by atoms with E-state index in [1.807, 2.05) is 71.3 Å². The van der Waals surface area contributed by atoms with Crippen molar-refractivity contribution in [2.75, 3.05) is 45.6 Å². The number of amides is 2. The van der Waals surface area contributed by atoms with Gasteiger partial charge >= 0.3 is 14.2 Å². The molecule has 12 nitrogen and oxygen atoms in total.